The van der Waals surface area contributed by atoms with E-state index in [1.807, 2.05) is 0 Å². The average molecular weight is 417 g/mol. The van der Waals surface area contributed by atoms with Crippen molar-refractivity contribution in [1.82, 2.24) is 14.9 Å². The number of rotatable bonds is 6. The summed E-state index contributed by atoms with van der Waals surface area (Å²) in [6.45, 7) is 1.65. The highest BCUT2D eigenvalue weighted by Gasteiger charge is 2.24. The zero-order chi connectivity index (χ0) is 17.0. The lowest BCUT2D eigenvalue weighted by molar-refractivity contribution is -0.131. The van der Waals surface area contributed by atoms with Gasteiger partial charge in [-0.3, -0.25) is 4.79 Å². The summed E-state index contributed by atoms with van der Waals surface area (Å²) in [5.74, 6) is -0.105. The molecular weight excluding hydrogens is 397 g/mol. The van der Waals surface area contributed by atoms with Crippen LogP contribution in [-0.4, -0.2) is 51.9 Å². The summed E-state index contributed by atoms with van der Waals surface area (Å²) in [6, 6.07) is 4.64. The quantitative estimate of drug-likeness (QED) is 0.742. The summed E-state index contributed by atoms with van der Waals surface area (Å²) in [6.07, 6.45) is 0.984. The van der Waals surface area contributed by atoms with Crippen LogP contribution in [0, 0.1) is 0 Å². The second-order valence-corrected chi connectivity index (χ2v) is 7.87. The SMILES string of the molecule is CN(C(=O)CCNS(=O)(=O)c1c(Cl)cccc1Cl)C1CCNC1.Cl. The maximum Gasteiger partial charge on any atom is 0.243 e. The number of sulfonamides is 1. The van der Waals surface area contributed by atoms with Crippen LogP contribution in [0.3, 0.4) is 0 Å². The number of amides is 1. The van der Waals surface area contributed by atoms with Crippen LogP contribution in [0.25, 0.3) is 0 Å². The topological polar surface area (TPSA) is 78.5 Å². The average Bonchev–Trinajstić information content (AvgIpc) is 2.99. The summed E-state index contributed by atoms with van der Waals surface area (Å²) in [5, 5.41) is 3.28. The third-order valence-electron chi connectivity index (χ3n) is 3.79. The third kappa shape index (κ3) is 5.21. The van der Waals surface area contributed by atoms with Crippen molar-refractivity contribution in [3.63, 3.8) is 0 Å². The van der Waals surface area contributed by atoms with Crippen molar-refractivity contribution in [2.45, 2.75) is 23.8 Å². The molecule has 1 aromatic carbocycles. The third-order valence-corrected chi connectivity index (χ3v) is 6.21. The van der Waals surface area contributed by atoms with Crippen molar-refractivity contribution in [2.24, 2.45) is 0 Å². The molecule has 1 atom stereocenters. The molecule has 0 spiro atoms. The van der Waals surface area contributed by atoms with Crippen LogP contribution in [0.1, 0.15) is 12.8 Å². The van der Waals surface area contributed by atoms with Gasteiger partial charge in [0.2, 0.25) is 15.9 Å². The molecule has 0 aromatic heterocycles. The summed E-state index contributed by atoms with van der Waals surface area (Å²) in [5.41, 5.74) is 0. The highest BCUT2D eigenvalue weighted by Crippen LogP contribution is 2.28. The van der Waals surface area contributed by atoms with Gasteiger partial charge in [0.1, 0.15) is 4.90 Å². The fourth-order valence-electron chi connectivity index (χ4n) is 2.45. The zero-order valence-electron chi connectivity index (χ0n) is 13.1. The molecular formula is C14H20Cl3N3O3S. The lowest BCUT2D eigenvalue weighted by Gasteiger charge is -2.23. The van der Waals surface area contributed by atoms with Gasteiger partial charge in [0.05, 0.1) is 10.0 Å². The van der Waals surface area contributed by atoms with Crippen molar-refractivity contribution in [3.8, 4) is 0 Å². The first kappa shape index (κ1) is 21.5. The molecule has 6 nitrogen and oxygen atoms in total. The van der Waals surface area contributed by atoms with Gasteiger partial charge < -0.3 is 10.2 Å². The molecule has 1 unspecified atom stereocenters. The fourth-order valence-corrected chi connectivity index (χ4v) is 4.63. The molecule has 1 aromatic rings. The maximum absolute atomic E-state index is 12.3. The number of nitrogens with zero attached hydrogens (tertiary/aromatic N) is 1. The van der Waals surface area contributed by atoms with Gasteiger partial charge in [-0.05, 0) is 25.1 Å². The number of carbonyl (C=O) groups excluding carboxylic acids is 1. The molecule has 24 heavy (non-hydrogen) atoms. The Morgan fingerprint density at radius 2 is 2.00 bits per heavy atom. The van der Waals surface area contributed by atoms with Crippen LogP contribution in [0.2, 0.25) is 10.0 Å². The molecule has 1 aliphatic rings. The molecule has 1 amide bonds. The predicted octanol–water partition coefficient (Wildman–Crippen LogP) is 1.90. The zero-order valence-corrected chi connectivity index (χ0v) is 16.2. The summed E-state index contributed by atoms with van der Waals surface area (Å²) in [7, 11) is -2.12. The molecule has 10 heteroatoms. The molecule has 1 aliphatic heterocycles. The molecule has 2 rings (SSSR count). The van der Waals surface area contributed by atoms with E-state index in [1.54, 1.807) is 18.0 Å². The Labute approximate surface area is 158 Å². The Bertz CT molecular complexity index is 659. The Morgan fingerprint density at radius 1 is 1.38 bits per heavy atom. The minimum Gasteiger partial charge on any atom is -0.341 e. The highest BCUT2D eigenvalue weighted by atomic mass is 35.5. The number of hydrogen-bond acceptors (Lipinski definition) is 4. The van der Waals surface area contributed by atoms with E-state index in [0.717, 1.165) is 19.5 Å². The van der Waals surface area contributed by atoms with Crippen molar-refractivity contribution < 1.29 is 13.2 Å². The lowest BCUT2D eigenvalue weighted by atomic mass is 10.2. The lowest BCUT2D eigenvalue weighted by Crippen LogP contribution is -2.40. The van der Waals surface area contributed by atoms with E-state index in [1.165, 1.54) is 12.1 Å². The summed E-state index contributed by atoms with van der Waals surface area (Å²) in [4.78, 5) is 13.6. The van der Waals surface area contributed by atoms with Crippen LogP contribution >= 0.6 is 35.6 Å². The van der Waals surface area contributed by atoms with E-state index in [0.29, 0.717) is 0 Å². The summed E-state index contributed by atoms with van der Waals surface area (Å²) >= 11 is 11.8. The van der Waals surface area contributed by atoms with Crippen LogP contribution in [0.5, 0.6) is 0 Å². The molecule has 0 saturated carbocycles. The predicted molar refractivity (Wildman–Crippen MR) is 97.6 cm³/mol. The fraction of sp³-hybridized carbons (Fsp3) is 0.500. The first-order valence-electron chi connectivity index (χ1n) is 7.23. The van der Waals surface area contributed by atoms with Crippen LogP contribution in [0.4, 0.5) is 0 Å². The van der Waals surface area contributed by atoms with Gasteiger partial charge in [-0.25, -0.2) is 13.1 Å². The normalized spacial score (nSPS) is 17.4. The van der Waals surface area contributed by atoms with Crippen LogP contribution in [-0.2, 0) is 14.8 Å². The number of nitrogens with one attached hydrogen (secondary N) is 2. The molecule has 1 fully saturated rings. The van der Waals surface area contributed by atoms with Gasteiger partial charge in [-0.2, -0.15) is 0 Å². The smallest absolute Gasteiger partial charge is 0.243 e. The second-order valence-electron chi connectivity index (χ2n) is 5.35. The van der Waals surface area contributed by atoms with Gasteiger partial charge in [0.15, 0.2) is 0 Å². The van der Waals surface area contributed by atoms with Crippen molar-refractivity contribution in [3.05, 3.63) is 28.2 Å². The number of carbonyl (C=O) groups is 1. The van der Waals surface area contributed by atoms with Crippen molar-refractivity contribution in [1.29, 1.82) is 0 Å². The first-order valence-corrected chi connectivity index (χ1v) is 9.47. The number of likely N-dealkylation sites (N-methyl/N-ethyl adjacent to an activating group) is 1. The number of halogens is 3. The molecule has 1 heterocycles. The Morgan fingerprint density at radius 3 is 2.54 bits per heavy atom. The van der Waals surface area contributed by atoms with Gasteiger partial charge in [-0.1, -0.05) is 29.3 Å². The van der Waals surface area contributed by atoms with Gasteiger partial charge >= 0.3 is 0 Å². The minimum absolute atomic E-state index is 0. The first-order chi connectivity index (χ1) is 10.8. The van der Waals surface area contributed by atoms with Gasteiger partial charge in [-0.15, -0.1) is 12.4 Å². The Hall–Kier alpha value is -0.570. The largest absolute Gasteiger partial charge is 0.341 e. The monoisotopic (exact) mass is 415 g/mol. The Kier molecular flexibility index (Phi) is 8.25. The summed E-state index contributed by atoms with van der Waals surface area (Å²) < 4.78 is 26.9. The van der Waals surface area contributed by atoms with E-state index in [2.05, 4.69) is 10.0 Å². The van der Waals surface area contributed by atoms with E-state index < -0.39 is 10.0 Å². The molecule has 0 aliphatic carbocycles. The van der Waals surface area contributed by atoms with Crippen LogP contribution < -0.4 is 10.0 Å². The molecule has 2 N–H and O–H groups in total. The second kappa shape index (κ2) is 9.22. The van der Waals surface area contributed by atoms with Crippen molar-refractivity contribution in [2.75, 3.05) is 26.7 Å². The maximum atomic E-state index is 12.3. The minimum atomic E-state index is -3.86. The van der Waals surface area contributed by atoms with Crippen molar-refractivity contribution >= 4 is 51.5 Å². The Balaban J connectivity index is 0.00000288. The van der Waals surface area contributed by atoms with E-state index >= 15 is 0 Å². The van der Waals surface area contributed by atoms with E-state index in [9.17, 15) is 13.2 Å². The number of benzene rings is 1. The van der Waals surface area contributed by atoms with Gasteiger partial charge in [0.25, 0.3) is 0 Å². The van der Waals surface area contributed by atoms with Crippen LogP contribution in [0.15, 0.2) is 23.1 Å². The van der Waals surface area contributed by atoms with Gasteiger partial charge in [0, 0.05) is 32.6 Å². The van der Waals surface area contributed by atoms with E-state index in [-0.39, 0.29) is 52.3 Å². The molecule has 0 radical (unpaired) electrons. The van der Waals surface area contributed by atoms with E-state index in [4.69, 9.17) is 23.2 Å². The molecule has 1 saturated heterocycles. The highest BCUT2D eigenvalue weighted by molar-refractivity contribution is 7.89. The molecule has 136 valence electrons. The number of hydrogen-bond donors (Lipinski definition) is 2. The molecule has 0 bridgehead atoms. The standard InChI is InChI=1S/C14H19Cl2N3O3S.ClH/c1-19(10-5-7-17-9-10)13(20)6-8-18-23(21,22)14-11(15)3-2-4-12(14)16;/h2-4,10,17-18H,5-9H2,1H3;1H.